The first kappa shape index (κ1) is 18.8. The molecule has 124 valence electrons. The van der Waals surface area contributed by atoms with Crippen LogP contribution < -0.4 is 10.5 Å². The quantitative estimate of drug-likeness (QED) is 0.905. The maximum Gasteiger partial charge on any atom is 0.225 e. The Morgan fingerprint density at radius 3 is 2.45 bits per heavy atom. The molecule has 2 unspecified atom stereocenters. The Bertz CT molecular complexity index is 487. The summed E-state index contributed by atoms with van der Waals surface area (Å²) in [6, 6.07) is 6.35. The van der Waals surface area contributed by atoms with Gasteiger partial charge in [0.05, 0.1) is 6.54 Å². The van der Waals surface area contributed by atoms with Crippen LogP contribution in [0.1, 0.15) is 30.4 Å². The molecule has 1 saturated carbocycles. The van der Waals surface area contributed by atoms with Crippen LogP contribution in [0.5, 0.6) is 5.75 Å². The molecule has 0 aliphatic heterocycles. The van der Waals surface area contributed by atoms with Crippen molar-refractivity contribution in [3.63, 3.8) is 0 Å². The monoisotopic (exact) mass is 326 g/mol. The van der Waals surface area contributed by atoms with E-state index in [1.807, 2.05) is 19.2 Å². The van der Waals surface area contributed by atoms with Crippen LogP contribution in [0.15, 0.2) is 18.2 Å². The van der Waals surface area contributed by atoms with Gasteiger partial charge in [-0.15, -0.1) is 12.4 Å². The van der Waals surface area contributed by atoms with Gasteiger partial charge in [0.1, 0.15) is 12.4 Å². The minimum absolute atomic E-state index is 0. The number of carbonyl (C=O) groups excluding carboxylic acids is 1. The van der Waals surface area contributed by atoms with Gasteiger partial charge >= 0.3 is 0 Å². The average Bonchev–Trinajstić information content (AvgIpc) is 2.83. The maximum atomic E-state index is 12.3. The van der Waals surface area contributed by atoms with Crippen molar-refractivity contribution in [3.05, 3.63) is 29.3 Å². The summed E-state index contributed by atoms with van der Waals surface area (Å²) >= 11 is 0. The minimum atomic E-state index is 0. The smallest absolute Gasteiger partial charge is 0.225 e. The lowest BCUT2D eigenvalue weighted by Gasteiger charge is -2.21. The highest BCUT2D eigenvalue weighted by molar-refractivity contribution is 5.85. The predicted octanol–water partition coefficient (Wildman–Crippen LogP) is 2.69. The van der Waals surface area contributed by atoms with Crippen LogP contribution in [-0.2, 0) is 4.79 Å². The molecule has 0 bridgehead atoms. The zero-order valence-corrected chi connectivity index (χ0v) is 14.5. The summed E-state index contributed by atoms with van der Waals surface area (Å²) in [5, 5.41) is 0. The number of hydrogen-bond acceptors (Lipinski definition) is 3. The highest BCUT2D eigenvalue weighted by Gasteiger charge is 2.29. The fraction of sp³-hybridized carbons (Fsp3) is 0.588. The van der Waals surface area contributed by atoms with Gasteiger partial charge in [-0.25, -0.2) is 0 Å². The van der Waals surface area contributed by atoms with Gasteiger partial charge in [-0.05, 0) is 56.4 Å². The summed E-state index contributed by atoms with van der Waals surface area (Å²) in [5.74, 6) is 1.18. The van der Waals surface area contributed by atoms with E-state index in [4.69, 9.17) is 10.5 Å². The average molecular weight is 327 g/mol. The summed E-state index contributed by atoms with van der Waals surface area (Å²) < 4.78 is 5.75. The molecular formula is C17H27ClN2O2. The van der Waals surface area contributed by atoms with Gasteiger partial charge in [0.2, 0.25) is 5.91 Å². The summed E-state index contributed by atoms with van der Waals surface area (Å²) in [4.78, 5) is 14.0. The normalized spacial score (nSPS) is 20.4. The van der Waals surface area contributed by atoms with Crippen LogP contribution in [0.3, 0.4) is 0 Å². The lowest BCUT2D eigenvalue weighted by Crippen LogP contribution is -2.35. The van der Waals surface area contributed by atoms with Gasteiger partial charge in [-0.3, -0.25) is 4.79 Å². The van der Waals surface area contributed by atoms with E-state index < -0.39 is 0 Å². The molecule has 1 aliphatic carbocycles. The van der Waals surface area contributed by atoms with Crippen LogP contribution in [0.25, 0.3) is 0 Å². The second-order valence-corrected chi connectivity index (χ2v) is 6.20. The van der Waals surface area contributed by atoms with E-state index in [0.29, 0.717) is 13.2 Å². The third-order valence-corrected chi connectivity index (χ3v) is 4.09. The molecule has 4 nitrogen and oxygen atoms in total. The Kier molecular flexibility index (Phi) is 7.17. The van der Waals surface area contributed by atoms with E-state index in [-0.39, 0.29) is 30.3 Å². The van der Waals surface area contributed by atoms with Crippen LogP contribution >= 0.6 is 12.4 Å². The first-order chi connectivity index (χ1) is 9.95. The number of halogens is 1. The molecule has 1 fully saturated rings. The van der Waals surface area contributed by atoms with Crippen molar-refractivity contribution in [1.82, 2.24) is 4.90 Å². The van der Waals surface area contributed by atoms with Crippen molar-refractivity contribution in [1.29, 1.82) is 0 Å². The SMILES string of the molecule is Cc1cc(C)cc(OCCN(C)C(=O)C2CCC(N)C2)c1.Cl. The number of rotatable bonds is 5. The predicted molar refractivity (Wildman–Crippen MR) is 91.6 cm³/mol. The second-order valence-electron chi connectivity index (χ2n) is 6.20. The number of hydrogen-bond donors (Lipinski definition) is 1. The zero-order chi connectivity index (χ0) is 15.4. The highest BCUT2D eigenvalue weighted by Crippen LogP contribution is 2.25. The highest BCUT2D eigenvalue weighted by atomic mass is 35.5. The largest absolute Gasteiger partial charge is 0.492 e. The first-order valence-electron chi connectivity index (χ1n) is 7.67. The van der Waals surface area contributed by atoms with E-state index in [1.165, 1.54) is 11.1 Å². The Hall–Kier alpha value is -1.26. The molecule has 2 rings (SSSR count). The van der Waals surface area contributed by atoms with Crippen molar-refractivity contribution in [2.75, 3.05) is 20.2 Å². The third-order valence-electron chi connectivity index (χ3n) is 4.09. The molecule has 0 radical (unpaired) electrons. The molecule has 0 saturated heterocycles. The fourth-order valence-electron chi connectivity index (χ4n) is 2.98. The van der Waals surface area contributed by atoms with Crippen molar-refractivity contribution in [3.8, 4) is 5.75 Å². The van der Waals surface area contributed by atoms with Crippen molar-refractivity contribution >= 4 is 18.3 Å². The number of nitrogens with zero attached hydrogens (tertiary/aromatic N) is 1. The summed E-state index contributed by atoms with van der Waals surface area (Å²) in [6.07, 6.45) is 2.70. The molecule has 5 heteroatoms. The fourth-order valence-corrected chi connectivity index (χ4v) is 2.98. The molecule has 2 N–H and O–H groups in total. The van der Waals surface area contributed by atoms with E-state index in [1.54, 1.807) is 4.90 Å². The first-order valence-corrected chi connectivity index (χ1v) is 7.67. The van der Waals surface area contributed by atoms with Gasteiger partial charge in [-0.2, -0.15) is 0 Å². The summed E-state index contributed by atoms with van der Waals surface area (Å²) in [5.41, 5.74) is 8.25. The van der Waals surface area contributed by atoms with Crippen molar-refractivity contribution in [2.45, 2.75) is 39.2 Å². The van der Waals surface area contributed by atoms with Gasteiger partial charge < -0.3 is 15.4 Å². The number of ether oxygens (including phenoxy) is 1. The van der Waals surface area contributed by atoms with Gasteiger partial charge in [0, 0.05) is 19.0 Å². The third kappa shape index (κ3) is 5.18. The van der Waals surface area contributed by atoms with E-state index in [9.17, 15) is 4.79 Å². The van der Waals surface area contributed by atoms with Crippen LogP contribution in [0.2, 0.25) is 0 Å². The van der Waals surface area contributed by atoms with E-state index >= 15 is 0 Å². The lowest BCUT2D eigenvalue weighted by atomic mass is 10.1. The van der Waals surface area contributed by atoms with Crippen LogP contribution in [0, 0.1) is 19.8 Å². The number of amides is 1. The Morgan fingerprint density at radius 2 is 1.91 bits per heavy atom. The molecule has 1 aliphatic rings. The second kappa shape index (κ2) is 8.39. The summed E-state index contributed by atoms with van der Waals surface area (Å²) in [6.45, 7) is 5.24. The van der Waals surface area contributed by atoms with Gasteiger partial charge in [-0.1, -0.05) is 6.07 Å². The van der Waals surface area contributed by atoms with Gasteiger partial charge in [0.25, 0.3) is 0 Å². The van der Waals surface area contributed by atoms with Crippen LogP contribution in [0.4, 0.5) is 0 Å². The zero-order valence-electron chi connectivity index (χ0n) is 13.7. The molecule has 1 amide bonds. The molecule has 1 aromatic carbocycles. The number of likely N-dealkylation sites (N-methyl/N-ethyl adjacent to an activating group) is 1. The minimum Gasteiger partial charge on any atom is -0.492 e. The van der Waals surface area contributed by atoms with Crippen LogP contribution in [-0.4, -0.2) is 37.0 Å². The molecule has 0 spiro atoms. The summed E-state index contributed by atoms with van der Waals surface area (Å²) in [7, 11) is 1.84. The number of nitrogens with two attached hydrogens (primary N) is 1. The molecule has 0 heterocycles. The van der Waals surface area contributed by atoms with Crippen molar-refractivity contribution in [2.24, 2.45) is 11.7 Å². The molecule has 0 aromatic heterocycles. The Labute approximate surface area is 139 Å². The molecule has 22 heavy (non-hydrogen) atoms. The van der Waals surface area contributed by atoms with Gasteiger partial charge in [0.15, 0.2) is 0 Å². The Morgan fingerprint density at radius 1 is 1.27 bits per heavy atom. The number of benzene rings is 1. The molecular weight excluding hydrogens is 300 g/mol. The number of carbonyl (C=O) groups is 1. The molecule has 2 atom stereocenters. The maximum absolute atomic E-state index is 12.3. The Balaban J connectivity index is 0.00000242. The standard InChI is InChI=1S/C17H26N2O2.ClH/c1-12-8-13(2)10-16(9-12)21-7-6-19(3)17(20)14-4-5-15(18)11-14;/h8-10,14-15H,4-7,11,18H2,1-3H3;1H. The molecule has 1 aromatic rings. The van der Waals surface area contributed by atoms with Crippen molar-refractivity contribution < 1.29 is 9.53 Å². The lowest BCUT2D eigenvalue weighted by molar-refractivity contribution is -0.134. The van der Waals surface area contributed by atoms with E-state index in [2.05, 4.69) is 19.9 Å². The number of aryl methyl sites for hydroxylation is 2. The topological polar surface area (TPSA) is 55.6 Å². The van der Waals surface area contributed by atoms with E-state index in [0.717, 1.165) is 25.0 Å².